The SMILES string of the molecule is COC(=O)c1ccc(O[C@@H]2C[C@@H]3CN(CCn4cccn4)C[C@@H]3C[C@H]2O)cc1. The summed E-state index contributed by atoms with van der Waals surface area (Å²) in [6, 6.07) is 8.84. The molecule has 0 bridgehead atoms. The van der Waals surface area contributed by atoms with Crippen molar-refractivity contribution in [3.63, 3.8) is 0 Å². The second-order valence-electron chi connectivity index (χ2n) is 7.76. The number of aromatic nitrogens is 2. The number of likely N-dealkylation sites (tertiary alicyclic amines) is 1. The van der Waals surface area contributed by atoms with E-state index < -0.39 is 6.10 Å². The quantitative estimate of drug-likeness (QED) is 0.765. The summed E-state index contributed by atoms with van der Waals surface area (Å²) < 4.78 is 12.7. The molecule has 1 saturated heterocycles. The highest BCUT2D eigenvalue weighted by Gasteiger charge is 2.42. The molecule has 0 radical (unpaired) electrons. The molecule has 1 aliphatic carbocycles. The summed E-state index contributed by atoms with van der Waals surface area (Å²) in [5.74, 6) is 1.37. The van der Waals surface area contributed by atoms with Gasteiger partial charge in [-0.2, -0.15) is 5.10 Å². The molecule has 2 aliphatic rings. The van der Waals surface area contributed by atoms with Crippen LogP contribution >= 0.6 is 0 Å². The molecular weight excluding hydrogens is 358 g/mol. The van der Waals surface area contributed by atoms with E-state index in [1.165, 1.54) is 7.11 Å². The summed E-state index contributed by atoms with van der Waals surface area (Å²) in [5.41, 5.74) is 0.489. The molecule has 0 amide bonds. The maximum atomic E-state index is 11.5. The van der Waals surface area contributed by atoms with E-state index in [-0.39, 0.29) is 12.1 Å². The van der Waals surface area contributed by atoms with Crippen LogP contribution in [0.25, 0.3) is 0 Å². The number of carbonyl (C=O) groups excluding carboxylic acids is 1. The Morgan fingerprint density at radius 3 is 2.61 bits per heavy atom. The number of methoxy groups -OCH3 is 1. The minimum atomic E-state index is -0.465. The van der Waals surface area contributed by atoms with Crippen molar-refractivity contribution in [1.29, 1.82) is 0 Å². The third-order valence-corrected chi connectivity index (χ3v) is 5.93. The first-order valence-electron chi connectivity index (χ1n) is 9.85. The second-order valence-corrected chi connectivity index (χ2v) is 7.76. The van der Waals surface area contributed by atoms with Crippen molar-refractivity contribution in [2.45, 2.75) is 31.6 Å². The lowest BCUT2D eigenvalue weighted by Crippen LogP contribution is -2.42. The molecule has 0 unspecified atom stereocenters. The molecule has 1 aliphatic heterocycles. The van der Waals surface area contributed by atoms with Gasteiger partial charge in [0, 0.05) is 32.0 Å². The third kappa shape index (κ3) is 4.20. The summed E-state index contributed by atoms with van der Waals surface area (Å²) in [5, 5.41) is 14.9. The van der Waals surface area contributed by atoms with Gasteiger partial charge in [-0.15, -0.1) is 0 Å². The maximum absolute atomic E-state index is 11.5. The molecule has 7 heteroatoms. The number of fused-ring (bicyclic) bond motifs is 1. The largest absolute Gasteiger partial charge is 0.488 e. The Bertz CT molecular complexity index is 777. The van der Waals surface area contributed by atoms with Crippen LogP contribution in [0.5, 0.6) is 5.75 Å². The van der Waals surface area contributed by atoms with E-state index >= 15 is 0 Å². The molecule has 4 rings (SSSR count). The molecule has 2 fully saturated rings. The molecule has 150 valence electrons. The van der Waals surface area contributed by atoms with Gasteiger partial charge in [0.05, 0.1) is 25.3 Å². The van der Waals surface area contributed by atoms with Crippen LogP contribution in [0.1, 0.15) is 23.2 Å². The molecule has 1 N–H and O–H groups in total. The van der Waals surface area contributed by atoms with E-state index in [9.17, 15) is 9.90 Å². The number of aliphatic hydroxyl groups excluding tert-OH is 1. The first-order chi connectivity index (χ1) is 13.6. The van der Waals surface area contributed by atoms with Crippen LogP contribution in [0.15, 0.2) is 42.7 Å². The van der Waals surface area contributed by atoms with Gasteiger partial charge >= 0.3 is 5.97 Å². The minimum absolute atomic E-state index is 0.212. The number of nitrogens with zero attached hydrogens (tertiary/aromatic N) is 3. The average molecular weight is 385 g/mol. The van der Waals surface area contributed by atoms with Crippen molar-refractivity contribution in [2.75, 3.05) is 26.7 Å². The lowest BCUT2D eigenvalue weighted by atomic mass is 9.78. The predicted octanol–water partition coefficient (Wildman–Crippen LogP) is 1.82. The molecule has 1 aromatic carbocycles. The molecule has 1 saturated carbocycles. The molecule has 1 aromatic heterocycles. The van der Waals surface area contributed by atoms with Crippen molar-refractivity contribution in [1.82, 2.24) is 14.7 Å². The van der Waals surface area contributed by atoms with E-state index in [1.807, 2.05) is 16.9 Å². The van der Waals surface area contributed by atoms with Gasteiger partial charge in [0.25, 0.3) is 0 Å². The highest BCUT2D eigenvalue weighted by Crippen LogP contribution is 2.38. The number of hydrogen-bond donors (Lipinski definition) is 1. The number of benzene rings is 1. The van der Waals surface area contributed by atoms with Crippen LogP contribution in [0, 0.1) is 11.8 Å². The highest BCUT2D eigenvalue weighted by molar-refractivity contribution is 5.89. The Labute approximate surface area is 164 Å². The molecular formula is C21H27N3O4. The minimum Gasteiger partial charge on any atom is -0.488 e. The van der Waals surface area contributed by atoms with E-state index in [2.05, 4.69) is 10.00 Å². The van der Waals surface area contributed by atoms with E-state index in [4.69, 9.17) is 9.47 Å². The fraction of sp³-hybridized carbons (Fsp3) is 0.524. The predicted molar refractivity (Wildman–Crippen MR) is 103 cm³/mol. The number of hydrogen-bond acceptors (Lipinski definition) is 6. The first kappa shape index (κ1) is 19.0. The topological polar surface area (TPSA) is 76.8 Å². The Hall–Kier alpha value is -2.38. The van der Waals surface area contributed by atoms with Crippen LogP contribution in [0.2, 0.25) is 0 Å². The Morgan fingerprint density at radius 2 is 1.93 bits per heavy atom. The van der Waals surface area contributed by atoms with Crippen molar-refractivity contribution in [3.05, 3.63) is 48.3 Å². The van der Waals surface area contributed by atoms with Crippen LogP contribution in [0.4, 0.5) is 0 Å². The smallest absolute Gasteiger partial charge is 0.337 e. The molecule has 2 aromatic rings. The van der Waals surface area contributed by atoms with Crippen LogP contribution in [-0.2, 0) is 11.3 Å². The number of rotatable bonds is 6. The standard InChI is InChI=1S/C21H27N3O4/c1-27-21(26)15-3-5-18(6-4-15)28-20-12-17-14-23(13-16(17)11-19(20)25)9-10-24-8-2-7-22-24/h2-8,16-17,19-20,25H,9-14H2,1H3/t16-,17+,19+,20+/m0/s1. The molecule has 2 heterocycles. The van der Waals surface area contributed by atoms with E-state index in [1.54, 1.807) is 30.5 Å². The monoisotopic (exact) mass is 385 g/mol. The first-order valence-corrected chi connectivity index (χ1v) is 9.85. The van der Waals surface area contributed by atoms with Gasteiger partial charge in [-0.25, -0.2) is 4.79 Å². The Kier molecular flexibility index (Phi) is 5.64. The highest BCUT2D eigenvalue weighted by atomic mass is 16.5. The Balaban J connectivity index is 1.32. The fourth-order valence-electron chi connectivity index (χ4n) is 4.44. The van der Waals surface area contributed by atoms with Gasteiger partial charge in [-0.3, -0.25) is 4.68 Å². The van der Waals surface area contributed by atoms with Crippen molar-refractivity contribution in [3.8, 4) is 5.75 Å². The third-order valence-electron chi connectivity index (χ3n) is 5.93. The second kappa shape index (κ2) is 8.32. The molecule has 28 heavy (non-hydrogen) atoms. The van der Waals surface area contributed by atoms with E-state index in [0.717, 1.165) is 39.0 Å². The summed E-state index contributed by atoms with van der Waals surface area (Å²) in [7, 11) is 1.36. The van der Waals surface area contributed by atoms with Crippen LogP contribution < -0.4 is 4.74 Å². The number of ether oxygens (including phenoxy) is 2. The van der Waals surface area contributed by atoms with Crippen molar-refractivity contribution in [2.24, 2.45) is 11.8 Å². The lowest BCUT2D eigenvalue weighted by molar-refractivity contribution is -0.0231. The average Bonchev–Trinajstić information content (AvgIpc) is 3.36. The van der Waals surface area contributed by atoms with Gasteiger partial charge < -0.3 is 19.5 Å². The van der Waals surface area contributed by atoms with Crippen LogP contribution in [-0.4, -0.2) is 64.7 Å². The van der Waals surface area contributed by atoms with Gasteiger partial charge in [0.1, 0.15) is 11.9 Å². The Morgan fingerprint density at radius 1 is 1.18 bits per heavy atom. The maximum Gasteiger partial charge on any atom is 0.337 e. The molecule has 0 spiro atoms. The van der Waals surface area contributed by atoms with Gasteiger partial charge in [-0.05, 0) is 55.0 Å². The lowest BCUT2D eigenvalue weighted by Gasteiger charge is -2.35. The zero-order chi connectivity index (χ0) is 19.5. The number of carbonyl (C=O) groups is 1. The molecule has 7 nitrogen and oxygen atoms in total. The fourth-order valence-corrected chi connectivity index (χ4v) is 4.44. The summed E-state index contributed by atoms with van der Waals surface area (Å²) in [6.45, 7) is 3.94. The summed E-state index contributed by atoms with van der Waals surface area (Å²) >= 11 is 0. The van der Waals surface area contributed by atoms with Crippen LogP contribution in [0.3, 0.4) is 0 Å². The van der Waals surface area contributed by atoms with Gasteiger partial charge in [0.15, 0.2) is 0 Å². The normalized spacial score (nSPS) is 27.4. The number of aliphatic hydroxyl groups is 1. The van der Waals surface area contributed by atoms with Gasteiger partial charge in [-0.1, -0.05) is 0 Å². The summed E-state index contributed by atoms with van der Waals surface area (Å²) in [4.78, 5) is 14.0. The van der Waals surface area contributed by atoms with E-state index in [0.29, 0.717) is 23.1 Å². The summed E-state index contributed by atoms with van der Waals surface area (Å²) in [6.07, 6.45) is 4.74. The molecule has 4 atom stereocenters. The zero-order valence-electron chi connectivity index (χ0n) is 16.1. The van der Waals surface area contributed by atoms with Gasteiger partial charge in [0.2, 0.25) is 0 Å². The van der Waals surface area contributed by atoms with Crippen molar-refractivity contribution >= 4 is 5.97 Å². The van der Waals surface area contributed by atoms with Crippen molar-refractivity contribution < 1.29 is 19.4 Å². The zero-order valence-corrected chi connectivity index (χ0v) is 16.1. The number of esters is 1.